The molecule has 1 aliphatic rings. The second kappa shape index (κ2) is 10.4. The highest BCUT2D eigenvalue weighted by Crippen LogP contribution is 2.21. The van der Waals surface area contributed by atoms with Crippen molar-refractivity contribution < 1.29 is 27.5 Å². The highest BCUT2D eigenvalue weighted by atomic mass is 32.2. The Morgan fingerprint density at radius 3 is 2.52 bits per heavy atom. The van der Waals surface area contributed by atoms with Gasteiger partial charge in [-0.2, -0.15) is 4.31 Å². The molecule has 1 atom stereocenters. The molecule has 0 spiro atoms. The first kappa shape index (κ1) is 22.8. The summed E-state index contributed by atoms with van der Waals surface area (Å²) in [5.41, 5.74) is 0.0349. The largest absolute Gasteiger partial charge is 0.452 e. The van der Waals surface area contributed by atoms with E-state index in [0.717, 1.165) is 19.3 Å². The number of sulfonamides is 1. The van der Waals surface area contributed by atoms with E-state index in [9.17, 15) is 22.8 Å². The maximum absolute atomic E-state index is 12.7. The third-order valence-electron chi connectivity index (χ3n) is 4.48. The number of ether oxygens (including phenoxy) is 1. The predicted molar refractivity (Wildman–Crippen MR) is 106 cm³/mol. The van der Waals surface area contributed by atoms with E-state index in [2.05, 4.69) is 10.6 Å². The van der Waals surface area contributed by atoms with Crippen LogP contribution in [0, 0.1) is 0 Å². The molecule has 29 heavy (non-hydrogen) atoms. The summed E-state index contributed by atoms with van der Waals surface area (Å²) in [5.74, 6) is -1.79. The highest BCUT2D eigenvalue weighted by molar-refractivity contribution is 7.89. The Hall–Kier alpha value is -2.46. The van der Waals surface area contributed by atoms with Crippen LogP contribution in [0.25, 0.3) is 0 Å². The molecule has 10 heteroatoms. The first-order valence-corrected chi connectivity index (χ1v) is 11.0. The molecular weight excluding hydrogens is 398 g/mol. The second-order valence-electron chi connectivity index (χ2n) is 6.75. The summed E-state index contributed by atoms with van der Waals surface area (Å²) in [4.78, 5) is 35.7. The molecule has 1 aromatic carbocycles. The van der Waals surface area contributed by atoms with Crippen molar-refractivity contribution in [2.75, 3.05) is 26.2 Å². The number of amides is 2. The van der Waals surface area contributed by atoms with E-state index in [-0.39, 0.29) is 16.4 Å². The fourth-order valence-corrected chi connectivity index (χ4v) is 4.49. The lowest BCUT2D eigenvalue weighted by Gasteiger charge is -2.25. The second-order valence-corrected chi connectivity index (χ2v) is 8.69. The van der Waals surface area contributed by atoms with Gasteiger partial charge in [-0.3, -0.25) is 9.59 Å². The van der Waals surface area contributed by atoms with Crippen molar-refractivity contribution in [1.29, 1.82) is 0 Å². The number of carbonyl (C=O) groups is 3. The van der Waals surface area contributed by atoms with Crippen molar-refractivity contribution in [1.82, 2.24) is 14.9 Å². The number of nitrogens with one attached hydrogen (secondary N) is 2. The Morgan fingerprint density at radius 1 is 1.17 bits per heavy atom. The summed E-state index contributed by atoms with van der Waals surface area (Å²) in [6, 6.07) is 4.81. The van der Waals surface area contributed by atoms with Gasteiger partial charge in [0.25, 0.3) is 5.91 Å². The summed E-state index contributed by atoms with van der Waals surface area (Å²) in [6.07, 6.45) is 2.62. The van der Waals surface area contributed by atoms with E-state index in [4.69, 9.17) is 4.74 Å². The van der Waals surface area contributed by atoms with Gasteiger partial charge in [-0.25, -0.2) is 13.2 Å². The molecule has 0 saturated carbocycles. The average Bonchev–Trinajstić information content (AvgIpc) is 2.72. The first-order valence-electron chi connectivity index (χ1n) is 9.60. The van der Waals surface area contributed by atoms with E-state index in [1.54, 1.807) is 6.92 Å². The maximum Gasteiger partial charge on any atom is 0.338 e. The quantitative estimate of drug-likeness (QED) is 0.590. The van der Waals surface area contributed by atoms with Gasteiger partial charge in [0.1, 0.15) is 6.04 Å². The molecule has 0 aliphatic carbocycles. The lowest BCUT2D eigenvalue weighted by atomic mass is 10.2. The zero-order valence-corrected chi connectivity index (χ0v) is 17.5. The molecule has 0 bridgehead atoms. The molecule has 1 fully saturated rings. The minimum absolute atomic E-state index is 0.0168. The van der Waals surface area contributed by atoms with Crippen LogP contribution in [0.4, 0.5) is 0 Å². The number of benzene rings is 1. The van der Waals surface area contributed by atoms with Gasteiger partial charge in [-0.05, 0) is 44.9 Å². The number of piperidine rings is 1. The topological polar surface area (TPSA) is 122 Å². The molecule has 1 aromatic rings. The first-order chi connectivity index (χ1) is 13.8. The molecule has 1 heterocycles. The smallest absolute Gasteiger partial charge is 0.338 e. The van der Waals surface area contributed by atoms with Gasteiger partial charge in [0, 0.05) is 19.6 Å². The monoisotopic (exact) mass is 425 g/mol. The van der Waals surface area contributed by atoms with Crippen LogP contribution in [0.5, 0.6) is 0 Å². The summed E-state index contributed by atoms with van der Waals surface area (Å²) < 4.78 is 31.8. The summed E-state index contributed by atoms with van der Waals surface area (Å²) in [6.45, 7) is 4.05. The minimum Gasteiger partial charge on any atom is -0.452 e. The van der Waals surface area contributed by atoms with Crippen molar-refractivity contribution in [3.63, 3.8) is 0 Å². The Labute approximate surface area is 170 Å². The van der Waals surface area contributed by atoms with Crippen LogP contribution in [0.2, 0.25) is 0 Å². The van der Waals surface area contributed by atoms with Crippen molar-refractivity contribution in [3.05, 3.63) is 29.8 Å². The standard InChI is InChI=1S/C19H27N3O6S/c1-3-20-18(24)14(2)21-17(23)13-28-19(25)15-8-7-9-16(12-15)29(26,27)22-10-5-4-6-11-22/h7-9,12,14H,3-6,10-11,13H2,1-2H3,(H,20,24)(H,21,23)/t14-/m1/s1. The summed E-state index contributed by atoms with van der Waals surface area (Å²) in [5, 5.41) is 4.99. The third-order valence-corrected chi connectivity index (χ3v) is 6.37. The Bertz CT molecular complexity index is 849. The number of hydrogen-bond acceptors (Lipinski definition) is 6. The molecule has 2 N–H and O–H groups in total. The van der Waals surface area contributed by atoms with Crippen molar-refractivity contribution in [3.8, 4) is 0 Å². The van der Waals surface area contributed by atoms with E-state index in [1.807, 2.05) is 0 Å². The number of rotatable bonds is 8. The van der Waals surface area contributed by atoms with Crippen molar-refractivity contribution in [2.45, 2.75) is 44.0 Å². The van der Waals surface area contributed by atoms with Gasteiger partial charge < -0.3 is 15.4 Å². The zero-order chi connectivity index (χ0) is 21.4. The van der Waals surface area contributed by atoms with Crippen LogP contribution >= 0.6 is 0 Å². The maximum atomic E-state index is 12.7. The van der Waals surface area contributed by atoms with Crippen molar-refractivity contribution >= 4 is 27.8 Å². The molecular formula is C19H27N3O6S. The number of nitrogens with zero attached hydrogens (tertiary/aromatic N) is 1. The number of hydrogen-bond donors (Lipinski definition) is 2. The number of likely N-dealkylation sites (N-methyl/N-ethyl adjacent to an activating group) is 1. The Morgan fingerprint density at radius 2 is 1.86 bits per heavy atom. The van der Waals surface area contributed by atoms with Crippen LogP contribution < -0.4 is 10.6 Å². The number of carbonyl (C=O) groups excluding carboxylic acids is 3. The fraction of sp³-hybridized carbons (Fsp3) is 0.526. The Kier molecular flexibility index (Phi) is 8.15. The van der Waals surface area contributed by atoms with Gasteiger partial charge in [-0.1, -0.05) is 12.5 Å². The molecule has 2 amide bonds. The Balaban J connectivity index is 1.97. The van der Waals surface area contributed by atoms with Gasteiger partial charge in [0.15, 0.2) is 6.61 Å². The van der Waals surface area contributed by atoms with E-state index in [0.29, 0.717) is 19.6 Å². The number of esters is 1. The van der Waals surface area contributed by atoms with Crippen LogP contribution in [0.1, 0.15) is 43.5 Å². The fourth-order valence-electron chi connectivity index (χ4n) is 2.93. The van der Waals surface area contributed by atoms with E-state index in [1.165, 1.54) is 35.5 Å². The molecule has 1 saturated heterocycles. The van der Waals surface area contributed by atoms with Crippen LogP contribution in [0.15, 0.2) is 29.2 Å². The normalized spacial score (nSPS) is 15.9. The minimum atomic E-state index is -3.68. The summed E-state index contributed by atoms with van der Waals surface area (Å²) >= 11 is 0. The van der Waals surface area contributed by atoms with E-state index >= 15 is 0 Å². The lowest BCUT2D eigenvalue weighted by molar-refractivity contribution is -0.130. The molecule has 160 valence electrons. The SMILES string of the molecule is CCNC(=O)[C@@H](C)NC(=O)COC(=O)c1cccc(S(=O)(=O)N2CCCCC2)c1. The summed E-state index contributed by atoms with van der Waals surface area (Å²) in [7, 11) is -3.68. The molecule has 9 nitrogen and oxygen atoms in total. The van der Waals surface area contributed by atoms with Crippen LogP contribution in [-0.2, 0) is 24.3 Å². The highest BCUT2D eigenvalue weighted by Gasteiger charge is 2.26. The van der Waals surface area contributed by atoms with Crippen LogP contribution in [-0.4, -0.2) is 62.8 Å². The molecule has 1 aliphatic heterocycles. The van der Waals surface area contributed by atoms with Gasteiger partial charge >= 0.3 is 5.97 Å². The molecule has 2 rings (SSSR count). The third kappa shape index (κ3) is 6.26. The zero-order valence-electron chi connectivity index (χ0n) is 16.6. The molecule has 0 radical (unpaired) electrons. The van der Waals surface area contributed by atoms with Gasteiger partial charge in [-0.15, -0.1) is 0 Å². The molecule has 0 aromatic heterocycles. The predicted octanol–water partition coefficient (Wildman–Crippen LogP) is 0.659. The van der Waals surface area contributed by atoms with Crippen LogP contribution in [0.3, 0.4) is 0 Å². The van der Waals surface area contributed by atoms with E-state index < -0.39 is 34.5 Å². The molecule has 0 unspecified atom stereocenters. The van der Waals surface area contributed by atoms with Crippen molar-refractivity contribution in [2.24, 2.45) is 0 Å². The lowest BCUT2D eigenvalue weighted by Crippen LogP contribution is -2.46. The average molecular weight is 426 g/mol. The van der Waals surface area contributed by atoms with Gasteiger partial charge in [0.2, 0.25) is 15.9 Å². The van der Waals surface area contributed by atoms with Gasteiger partial charge in [0.05, 0.1) is 10.5 Å².